The third-order valence-electron chi connectivity index (χ3n) is 10.5. The molecule has 3 aliphatic carbocycles. The van der Waals surface area contributed by atoms with Gasteiger partial charge in [0.05, 0.1) is 16.7 Å². The van der Waals surface area contributed by atoms with E-state index in [4.69, 9.17) is 0 Å². The molecule has 0 heterocycles. The number of nitroso groups, excluding NO2 is 1. The van der Waals surface area contributed by atoms with Gasteiger partial charge in [0.1, 0.15) is 11.5 Å². The Hall–Kier alpha value is -3.21. The van der Waals surface area contributed by atoms with Crippen molar-refractivity contribution in [1.29, 1.82) is 0 Å². The maximum absolute atomic E-state index is 13.4. The summed E-state index contributed by atoms with van der Waals surface area (Å²) in [6.45, 7) is 6.47. The number of carbonyl (C=O) groups is 2. The first-order chi connectivity index (χ1) is 18.9. The van der Waals surface area contributed by atoms with Crippen molar-refractivity contribution in [3.63, 3.8) is 0 Å². The van der Waals surface area contributed by atoms with Crippen LogP contribution in [0.3, 0.4) is 0 Å². The molecule has 8 atom stereocenters. The smallest absolute Gasteiger partial charge is 0.303 e. The molecule has 1 aromatic carbocycles. The molecule has 3 unspecified atom stereocenters. The standard InChI is InChI=1S/C29H40N4O7/c1-17(4-9-27(36)37)21-6-7-22-20(16-30-31-24-8-5-18(33(39)40)14-25(24)32-38)23(11-13-28(21,22)2)29(3)12-10-19(34)15-26(29)35/h5,8,14,16-17,19-23,31,34H,4,6-7,9-13,15H2,1-3H3,(H,36,37)/b30-16+/t17-,19+,20?,21-,22?,23?,28-,29-/m1/s1. The zero-order chi connectivity index (χ0) is 29.2. The topological polar surface area (TPSA) is 172 Å². The molecule has 11 heteroatoms. The first-order valence-corrected chi connectivity index (χ1v) is 14.2. The molecule has 0 bridgehead atoms. The Labute approximate surface area is 233 Å². The summed E-state index contributed by atoms with van der Waals surface area (Å²) in [6.07, 6.45) is 7.04. The number of non-ortho nitro benzene ring substituents is 1. The van der Waals surface area contributed by atoms with Gasteiger partial charge in [0.15, 0.2) is 0 Å². The molecule has 0 aromatic heterocycles. The molecule has 1 aromatic rings. The van der Waals surface area contributed by atoms with E-state index in [0.717, 1.165) is 31.7 Å². The van der Waals surface area contributed by atoms with Gasteiger partial charge in [-0.2, -0.15) is 5.10 Å². The predicted octanol–water partition coefficient (Wildman–Crippen LogP) is 6.07. The number of hydrogen-bond donors (Lipinski definition) is 3. The molecule has 3 N–H and O–H groups in total. The van der Waals surface area contributed by atoms with Gasteiger partial charge in [0, 0.05) is 42.5 Å². The second-order valence-corrected chi connectivity index (χ2v) is 12.6. The minimum absolute atomic E-state index is 0.0183. The molecule has 218 valence electrons. The Balaban J connectivity index is 1.64. The molecule has 11 nitrogen and oxygen atoms in total. The number of carboxylic acid groups (broad SMARTS) is 1. The summed E-state index contributed by atoms with van der Waals surface area (Å²) in [6, 6.07) is 3.77. The Kier molecular flexibility index (Phi) is 8.72. The minimum Gasteiger partial charge on any atom is -0.481 e. The number of carbonyl (C=O) groups excluding carboxylic acids is 1. The van der Waals surface area contributed by atoms with Crippen LogP contribution in [0.15, 0.2) is 28.5 Å². The lowest BCUT2D eigenvalue weighted by Gasteiger charge is -2.54. The average Bonchev–Trinajstić information content (AvgIpc) is 3.27. The van der Waals surface area contributed by atoms with E-state index in [1.165, 1.54) is 12.1 Å². The van der Waals surface area contributed by atoms with Crippen molar-refractivity contribution < 1.29 is 24.7 Å². The molecular weight excluding hydrogens is 516 g/mol. The van der Waals surface area contributed by atoms with Crippen LogP contribution in [0.25, 0.3) is 0 Å². The first kappa shape index (κ1) is 29.8. The van der Waals surface area contributed by atoms with Crippen molar-refractivity contribution in [2.75, 3.05) is 5.43 Å². The lowest BCUT2D eigenvalue weighted by molar-refractivity contribution is -0.384. The van der Waals surface area contributed by atoms with Gasteiger partial charge in [0.25, 0.3) is 5.69 Å². The number of anilines is 1. The number of nitrogens with zero attached hydrogens (tertiary/aromatic N) is 3. The van der Waals surface area contributed by atoms with Crippen LogP contribution < -0.4 is 5.43 Å². The van der Waals surface area contributed by atoms with Crippen LogP contribution in [0.2, 0.25) is 0 Å². The monoisotopic (exact) mass is 556 g/mol. The van der Waals surface area contributed by atoms with Gasteiger partial charge in [-0.05, 0) is 85.3 Å². The summed E-state index contributed by atoms with van der Waals surface area (Å²) in [4.78, 5) is 46.4. The summed E-state index contributed by atoms with van der Waals surface area (Å²) in [5.41, 5.74) is 2.11. The molecule has 3 saturated carbocycles. The van der Waals surface area contributed by atoms with Crippen LogP contribution in [0.4, 0.5) is 17.1 Å². The van der Waals surface area contributed by atoms with Crippen molar-refractivity contribution in [2.45, 2.75) is 84.7 Å². The molecular formula is C29H40N4O7. The molecule has 3 fully saturated rings. The molecule has 4 rings (SSSR count). The maximum Gasteiger partial charge on any atom is 0.303 e. The lowest BCUT2D eigenvalue weighted by atomic mass is 9.50. The highest BCUT2D eigenvalue weighted by molar-refractivity contribution is 5.86. The molecule has 0 spiro atoms. The zero-order valence-electron chi connectivity index (χ0n) is 23.4. The Bertz CT molecular complexity index is 1190. The fraction of sp³-hybridized carbons (Fsp3) is 0.690. The number of hydrazone groups is 1. The van der Waals surface area contributed by atoms with Crippen molar-refractivity contribution in [1.82, 2.24) is 0 Å². The number of hydrogen-bond acceptors (Lipinski definition) is 9. The van der Waals surface area contributed by atoms with Gasteiger partial charge in [-0.15, -0.1) is 4.91 Å². The molecule has 0 amide bonds. The number of carboxylic acids is 1. The maximum atomic E-state index is 13.4. The number of rotatable bonds is 10. The van der Waals surface area contributed by atoms with E-state index in [1.54, 1.807) is 0 Å². The fourth-order valence-electron chi connectivity index (χ4n) is 8.22. The number of fused-ring (bicyclic) bond motifs is 1. The molecule has 3 aliphatic rings. The number of aliphatic carboxylic acids is 1. The highest BCUT2D eigenvalue weighted by Gasteiger charge is 2.58. The third kappa shape index (κ3) is 5.66. The van der Waals surface area contributed by atoms with Gasteiger partial charge in [-0.25, -0.2) is 0 Å². The van der Waals surface area contributed by atoms with E-state index < -0.39 is 22.4 Å². The molecule has 0 aliphatic heterocycles. The van der Waals surface area contributed by atoms with Gasteiger partial charge in [-0.1, -0.05) is 20.8 Å². The van der Waals surface area contributed by atoms with E-state index >= 15 is 0 Å². The largest absolute Gasteiger partial charge is 0.481 e. The third-order valence-corrected chi connectivity index (χ3v) is 10.5. The summed E-state index contributed by atoms with van der Waals surface area (Å²) in [5.74, 6) is 0.0975. The number of ketones is 1. The summed E-state index contributed by atoms with van der Waals surface area (Å²) < 4.78 is 0. The van der Waals surface area contributed by atoms with Gasteiger partial charge in [-0.3, -0.25) is 25.1 Å². The quantitative estimate of drug-likeness (QED) is 0.135. The van der Waals surface area contributed by atoms with Crippen LogP contribution >= 0.6 is 0 Å². The average molecular weight is 557 g/mol. The number of Topliss-reactive ketones (excluding diaryl/α,β-unsaturated/α-hetero) is 1. The van der Waals surface area contributed by atoms with Crippen molar-refractivity contribution in [2.24, 2.45) is 50.7 Å². The highest BCUT2D eigenvalue weighted by atomic mass is 16.6. The molecule has 40 heavy (non-hydrogen) atoms. The van der Waals surface area contributed by atoms with Crippen molar-refractivity contribution in [3.8, 4) is 0 Å². The fourth-order valence-corrected chi connectivity index (χ4v) is 8.22. The normalized spacial score (nSPS) is 34.8. The van der Waals surface area contributed by atoms with Crippen LogP contribution in [-0.4, -0.2) is 39.2 Å². The second kappa shape index (κ2) is 11.7. The Morgan fingerprint density at radius 1 is 1.23 bits per heavy atom. The predicted molar refractivity (Wildman–Crippen MR) is 150 cm³/mol. The SMILES string of the molecule is C[C@H](CCC(=O)O)[C@H]1CCC2C(/C=N/Nc3ccc([N+](=O)[O-])cc3N=O)C([C@@]3(C)CC[C@H](O)CC3=O)CC[C@@]21C. The minimum atomic E-state index is -0.785. The van der Waals surface area contributed by atoms with Crippen LogP contribution in [0.1, 0.15) is 78.6 Å². The summed E-state index contributed by atoms with van der Waals surface area (Å²) in [5, 5.41) is 37.9. The highest BCUT2D eigenvalue weighted by Crippen LogP contribution is 2.63. The summed E-state index contributed by atoms with van der Waals surface area (Å²) >= 11 is 0. The van der Waals surface area contributed by atoms with Crippen molar-refractivity contribution >= 4 is 35.0 Å². The number of nitro benzene ring substituents is 1. The van der Waals surface area contributed by atoms with E-state index in [9.17, 15) is 34.8 Å². The number of aliphatic hydroxyl groups excluding tert-OH is 1. The van der Waals surface area contributed by atoms with Crippen LogP contribution in [-0.2, 0) is 9.59 Å². The zero-order valence-corrected chi connectivity index (χ0v) is 23.4. The number of aliphatic hydroxyl groups is 1. The molecule has 0 radical (unpaired) electrons. The van der Waals surface area contributed by atoms with Crippen LogP contribution in [0.5, 0.6) is 0 Å². The van der Waals surface area contributed by atoms with Crippen molar-refractivity contribution in [3.05, 3.63) is 33.2 Å². The Morgan fingerprint density at radius 2 is 1.98 bits per heavy atom. The van der Waals surface area contributed by atoms with Crippen LogP contribution in [0, 0.1) is 55.4 Å². The number of benzene rings is 1. The van der Waals surface area contributed by atoms with E-state index in [0.29, 0.717) is 25.2 Å². The van der Waals surface area contributed by atoms with E-state index in [2.05, 4.69) is 29.6 Å². The van der Waals surface area contributed by atoms with E-state index in [1.807, 2.05) is 13.1 Å². The molecule has 0 saturated heterocycles. The van der Waals surface area contributed by atoms with Gasteiger partial charge < -0.3 is 10.2 Å². The first-order valence-electron chi connectivity index (χ1n) is 14.2. The summed E-state index contributed by atoms with van der Waals surface area (Å²) in [7, 11) is 0. The lowest BCUT2D eigenvalue weighted by Crippen LogP contribution is -2.52. The number of nitrogens with one attached hydrogen (secondary N) is 1. The number of nitro groups is 1. The van der Waals surface area contributed by atoms with Gasteiger partial charge in [0.2, 0.25) is 0 Å². The second-order valence-electron chi connectivity index (χ2n) is 12.6. The van der Waals surface area contributed by atoms with Gasteiger partial charge >= 0.3 is 5.97 Å². The Morgan fingerprint density at radius 3 is 2.62 bits per heavy atom. The van der Waals surface area contributed by atoms with E-state index in [-0.39, 0.29) is 64.8 Å².